The third-order valence-corrected chi connectivity index (χ3v) is 1.63. The first kappa shape index (κ1) is 10.7. The number of aliphatic hydroxyl groups is 1. The van der Waals surface area contributed by atoms with E-state index in [-0.39, 0.29) is 6.10 Å². The highest BCUT2D eigenvalue weighted by Crippen LogP contribution is 2.07. The normalized spacial score (nSPS) is 14.6. The van der Waals surface area contributed by atoms with Crippen LogP contribution in [0.4, 0.5) is 0 Å². The van der Waals surface area contributed by atoms with Crippen molar-refractivity contribution in [2.45, 2.75) is 46.1 Å². The number of hydrogen-bond acceptors (Lipinski definition) is 1. The fraction of sp³-hybridized carbons (Fsp3) is 0.800. The average molecular weight is 156 g/mol. The van der Waals surface area contributed by atoms with E-state index in [1.807, 2.05) is 12.2 Å². The Bertz CT molecular complexity index is 105. The van der Waals surface area contributed by atoms with E-state index >= 15 is 0 Å². The standard InChI is InChI=1S/C10H20O/c1-4-5-6-10(11)8-7-9(2)3/h5-6,9-11H,4,7-8H2,1-3H3. The van der Waals surface area contributed by atoms with E-state index in [0.717, 1.165) is 19.3 Å². The molecule has 0 amide bonds. The van der Waals surface area contributed by atoms with Gasteiger partial charge in [0.15, 0.2) is 0 Å². The van der Waals surface area contributed by atoms with Gasteiger partial charge in [-0.15, -0.1) is 0 Å². The minimum Gasteiger partial charge on any atom is -0.389 e. The van der Waals surface area contributed by atoms with E-state index in [1.165, 1.54) is 0 Å². The monoisotopic (exact) mass is 156 g/mol. The SMILES string of the molecule is CCC=CC(O)CCC(C)C. The molecule has 0 saturated carbocycles. The lowest BCUT2D eigenvalue weighted by molar-refractivity contribution is 0.203. The van der Waals surface area contributed by atoms with E-state index < -0.39 is 0 Å². The van der Waals surface area contributed by atoms with Crippen molar-refractivity contribution < 1.29 is 5.11 Å². The van der Waals surface area contributed by atoms with Crippen LogP contribution >= 0.6 is 0 Å². The number of rotatable bonds is 5. The van der Waals surface area contributed by atoms with Crippen LogP contribution in [0.25, 0.3) is 0 Å². The molecule has 0 rings (SSSR count). The van der Waals surface area contributed by atoms with Gasteiger partial charge in [0.2, 0.25) is 0 Å². The second kappa shape index (κ2) is 6.41. The molecule has 0 fully saturated rings. The topological polar surface area (TPSA) is 20.2 Å². The van der Waals surface area contributed by atoms with Crippen LogP contribution in [0.15, 0.2) is 12.2 Å². The molecule has 0 aromatic rings. The summed E-state index contributed by atoms with van der Waals surface area (Å²) in [6, 6.07) is 0. The van der Waals surface area contributed by atoms with Gasteiger partial charge in [-0.3, -0.25) is 0 Å². The molecule has 0 aliphatic rings. The molecule has 0 aliphatic carbocycles. The van der Waals surface area contributed by atoms with Gasteiger partial charge in [-0.2, -0.15) is 0 Å². The van der Waals surface area contributed by atoms with Gasteiger partial charge in [0.1, 0.15) is 0 Å². The fourth-order valence-corrected chi connectivity index (χ4v) is 0.893. The number of aliphatic hydroxyl groups excluding tert-OH is 1. The van der Waals surface area contributed by atoms with E-state index in [0.29, 0.717) is 5.92 Å². The van der Waals surface area contributed by atoms with Crippen LogP contribution in [0.3, 0.4) is 0 Å². The van der Waals surface area contributed by atoms with Crippen LogP contribution in [0.2, 0.25) is 0 Å². The molecule has 0 saturated heterocycles. The Morgan fingerprint density at radius 2 is 1.91 bits per heavy atom. The van der Waals surface area contributed by atoms with Crippen molar-refractivity contribution in [3.63, 3.8) is 0 Å². The van der Waals surface area contributed by atoms with Crippen LogP contribution in [0.5, 0.6) is 0 Å². The zero-order valence-corrected chi connectivity index (χ0v) is 7.88. The van der Waals surface area contributed by atoms with E-state index in [1.54, 1.807) is 0 Å². The highest BCUT2D eigenvalue weighted by Gasteiger charge is 2.00. The quantitative estimate of drug-likeness (QED) is 0.607. The maximum Gasteiger partial charge on any atom is 0.0721 e. The molecule has 0 radical (unpaired) electrons. The summed E-state index contributed by atoms with van der Waals surface area (Å²) in [5.74, 6) is 0.694. The highest BCUT2D eigenvalue weighted by atomic mass is 16.3. The van der Waals surface area contributed by atoms with E-state index in [4.69, 9.17) is 0 Å². The summed E-state index contributed by atoms with van der Waals surface area (Å²) in [4.78, 5) is 0. The third-order valence-electron chi connectivity index (χ3n) is 1.63. The molecule has 1 N–H and O–H groups in total. The first-order valence-electron chi connectivity index (χ1n) is 4.51. The maximum atomic E-state index is 9.34. The molecule has 66 valence electrons. The zero-order valence-electron chi connectivity index (χ0n) is 7.88. The van der Waals surface area contributed by atoms with Crippen molar-refractivity contribution in [3.05, 3.63) is 12.2 Å². The largest absolute Gasteiger partial charge is 0.389 e. The van der Waals surface area contributed by atoms with Crippen molar-refractivity contribution in [2.24, 2.45) is 5.92 Å². The van der Waals surface area contributed by atoms with Crippen molar-refractivity contribution in [1.82, 2.24) is 0 Å². The van der Waals surface area contributed by atoms with Gasteiger partial charge in [-0.1, -0.05) is 32.9 Å². The molecule has 0 aliphatic heterocycles. The van der Waals surface area contributed by atoms with Gasteiger partial charge in [0.25, 0.3) is 0 Å². The van der Waals surface area contributed by atoms with Crippen molar-refractivity contribution in [2.75, 3.05) is 0 Å². The van der Waals surface area contributed by atoms with Crippen molar-refractivity contribution in [3.8, 4) is 0 Å². The van der Waals surface area contributed by atoms with Gasteiger partial charge >= 0.3 is 0 Å². The van der Waals surface area contributed by atoms with Crippen molar-refractivity contribution in [1.29, 1.82) is 0 Å². The van der Waals surface area contributed by atoms with E-state index in [2.05, 4.69) is 20.8 Å². The average Bonchev–Trinajstić information content (AvgIpc) is 1.97. The van der Waals surface area contributed by atoms with Crippen LogP contribution in [0.1, 0.15) is 40.0 Å². The predicted octanol–water partition coefficient (Wildman–Crippen LogP) is 2.75. The van der Waals surface area contributed by atoms with E-state index in [9.17, 15) is 5.11 Å². The molecular formula is C10H20O. The summed E-state index contributed by atoms with van der Waals surface area (Å²) in [6.07, 6.45) is 6.70. The molecule has 11 heavy (non-hydrogen) atoms. The molecule has 0 aromatic heterocycles. The summed E-state index contributed by atoms with van der Waals surface area (Å²) < 4.78 is 0. The van der Waals surface area contributed by atoms with Crippen molar-refractivity contribution >= 4 is 0 Å². The van der Waals surface area contributed by atoms with Gasteiger partial charge in [-0.05, 0) is 25.2 Å². The van der Waals surface area contributed by atoms with Gasteiger partial charge < -0.3 is 5.11 Å². The predicted molar refractivity (Wildman–Crippen MR) is 49.5 cm³/mol. The minimum atomic E-state index is -0.225. The molecule has 1 atom stereocenters. The second-order valence-corrected chi connectivity index (χ2v) is 3.37. The molecular weight excluding hydrogens is 136 g/mol. The summed E-state index contributed by atoms with van der Waals surface area (Å²) in [6.45, 7) is 6.43. The lowest BCUT2D eigenvalue weighted by Gasteiger charge is -2.06. The Morgan fingerprint density at radius 3 is 2.36 bits per heavy atom. The Labute approximate surface area is 70.1 Å². The third kappa shape index (κ3) is 7.60. The molecule has 0 spiro atoms. The van der Waals surface area contributed by atoms with Crippen LogP contribution < -0.4 is 0 Å². The number of hydrogen-bond donors (Lipinski definition) is 1. The molecule has 1 heteroatoms. The molecule has 1 unspecified atom stereocenters. The van der Waals surface area contributed by atoms with Crippen LogP contribution in [-0.4, -0.2) is 11.2 Å². The molecule has 1 nitrogen and oxygen atoms in total. The van der Waals surface area contributed by atoms with Gasteiger partial charge in [0, 0.05) is 0 Å². The summed E-state index contributed by atoms with van der Waals surface area (Å²) in [7, 11) is 0. The van der Waals surface area contributed by atoms with Crippen LogP contribution in [0, 0.1) is 5.92 Å². The zero-order chi connectivity index (χ0) is 8.69. The lowest BCUT2D eigenvalue weighted by atomic mass is 10.0. The smallest absolute Gasteiger partial charge is 0.0721 e. The molecule has 0 heterocycles. The maximum absolute atomic E-state index is 9.34. The summed E-state index contributed by atoms with van der Waals surface area (Å²) in [5, 5.41) is 9.34. The highest BCUT2D eigenvalue weighted by molar-refractivity contribution is 4.87. The Morgan fingerprint density at radius 1 is 1.27 bits per heavy atom. The van der Waals surface area contributed by atoms with Gasteiger partial charge in [0.05, 0.1) is 6.10 Å². The molecule has 0 bridgehead atoms. The summed E-state index contributed by atoms with van der Waals surface area (Å²) >= 11 is 0. The first-order valence-corrected chi connectivity index (χ1v) is 4.51. The fourth-order valence-electron chi connectivity index (χ4n) is 0.893. The minimum absolute atomic E-state index is 0.225. The summed E-state index contributed by atoms with van der Waals surface area (Å²) in [5.41, 5.74) is 0. The Balaban J connectivity index is 3.36. The molecule has 0 aromatic carbocycles. The Kier molecular flexibility index (Phi) is 6.24. The first-order chi connectivity index (χ1) is 5.16. The second-order valence-electron chi connectivity index (χ2n) is 3.37. The van der Waals surface area contributed by atoms with Crippen LogP contribution in [-0.2, 0) is 0 Å². The number of allylic oxidation sites excluding steroid dienone is 1. The lowest BCUT2D eigenvalue weighted by Crippen LogP contribution is -2.03. The Hall–Kier alpha value is -0.300. The van der Waals surface area contributed by atoms with Gasteiger partial charge in [-0.25, -0.2) is 0 Å².